The van der Waals surface area contributed by atoms with Gasteiger partial charge in [-0.25, -0.2) is 0 Å². The molecule has 6 aromatic rings. The first-order chi connectivity index (χ1) is 26.1. The lowest BCUT2D eigenvalue weighted by Gasteiger charge is -2.35. The molecule has 6 rings (SSSR count). The maximum absolute atomic E-state index is 6.99. The maximum Gasteiger partial charge on any atom is 0.275 e. The second kappa shape index (κ2) is 15.6. The van der Waals surface area contributed by atoms with Crippen LogP contribution >= 0.6 is 18.1 Å². The van der Waals surface area contributed by atoms with Gasteiger partial charge in [-0.3, -0.25) is 9.97 Å². The Hall–Kier alpha value is -4.24. The van der Waals surface area contributed by atoms with Gasteiger partial charge >= 0.3 is 0 Å². The average molecular weight is 789 g/mol. The van der Waals surface area contributed by atoms with E-state index in [1.54, 1.807) is 12.4 Å². The fourth-order valence-electron chi connectivity index (χ4n) is 7.46. The highest BCUT2D eigenvalue weighted by molar-refractivity contribution is 7.27. The van der Waals surface area contributed by atoms with Gasteiger partial charge in [-0.1, -0.05) is 107 Å². The minimum Gasteiger partial charge on any atom is -0.441 e. The highest BCUT2D eigenvalue weighted by atomic mass is 31.1. The van der Waals surface area contributed by atoms with Crippen molar-refractivity contribution in [1.29, 1.82) is 0 Å². The fraction of sp³-hybridized carbons (Fsp3) is 0.375. The summed E-state index contributed by atoms with van der Waals surface area (Å²) in [4.78, 5) is 8.96. The first-order valence-corrected chi connectivity index (χ1v) is 21.0. The number of hydrogen-bond donors (Lipinski definition) is 0. The van der Waals surface area contributed by atoms with Crippen molar-refractivity contribution in [2.24, 2.45) is 0 Å². The summed E-state index contributed by atoms with van der Waals surface area (Å²) in [6, 6.07) is 24.6. The predicted octanol–water partition coefficient (Wildman–Crippen LogP) is 14.2. The van der Waals surface area contributed by atoms with E-state index in [1.165, 1.54) is 11.1 Å². The van der Waals surface area contributed by atoms with Crippen LogP contribution in [-0.2, 0) is 21.7 Å². The molecule has 6 nitrogen and oxygen atoms in total. The molecule has 0 N–H and O–H groups in total. The van der Waals surface area contributed by atoms with Crippen molar-refractivity contribution in [3.05, 3.63) is 119 Å². The molecule has 0 saturated carbocycles. The smallest absolute Gasteiger partial charge is 0.275 e. The highest BCUT2D eigenvalue weighted by Gasteiger charge is 2.35. The third kappa shape index (κ3) is 8.83. The topological polar surface area (TPSA) is 62.7 Å². The van der Waals surface area contributed by atoms with Crippen LogP contribution in [0.25, 0.3) is 32.9 Å². The molecule has 56 heavy (non-hydrogen) atoms. The van der Waals surface area contributed by atoms with Gasteiger partial charge in [0, 0.05) is 45.4 Å². The fourth-order valence-corrected chi connectivity index (χ4v) is 8.58. The summed E-state index contributed by atoms with van der Waals surface area (Å²) in [6.45, 7) is 31.7. The Balaban J connectivity index is 1.57. The van der Waals surface area contributed by atoms with Crippen LogP contribution in [-0.4, -0.2) is 9.97 Å². The molecule has 0 aliphatic rings. The summed E-state index contributed by atoms with van der Waals surface area (Å²) in [6.07, 6.45) is 3.61. The molecule has 0 bridgehead atoms. The summed E-state index contributed by atoms with van der Waals surface area (Å²) in [5, 5.41) is 2.04. The summed E-state index contributed by atoms with van der Waals surface area (Å²) >= 11 is 0. The van der Waals surface area contributed by atoms with Crippen LogP contribution < -0.4 is 18.1 Å². The highest BCUT2D eigenvalue weighted by Crippen LogP contribution is 2.54. The van der Waals surface area contributed by atoms with E-state index in [9.17, 15) is 0 Å². The van der Waals surface area contributed by atoms with E-state index in [0.717, 1.165) is 78.2 Å². The van der Waals surface area contributed by atoms with Crippen LogP contribution in [0.1, 0.15) is 116 Å². The predicted molar refractivity (Wildman–Crippen MR) is 239 cm³/mol. The lowest BCUT2D eigenvalue weighted by Crippen LogP contribution is -2.22. The number of hydrogen-bond acceptors (Lipinski definition) is 6. The van der Waals surface area contributed by atoms with Crippen LogP contribution in [0.4, 0.5) is 0 Å². The molecule has 0 aliphatic heterocycles. The Morgan fingerprint density at radius 3 is 1.12 bits per heavy atom. The zero-order valence-corrected chi connectivity index (χ0v) is 37.6. The molecular weight excluding hydrogens is 730 g/mol. The molecule has 0 radical (unpaired) electrons. The van der Waals surface area contributed by atoms with Crippen molar-refractivity contribution in [2.75, 3.05) is 0 Å². The first-order valence-electron chi connectivity index (χ1n) is 19.4. The van der Waals surface area contributed by atoms with Crippen LogP contribution in [0.3, 0.4) is 0 Å². The zero-order valence-electron chi connectivity index (χ0n) is 35.6. The van der Waals surface area contributed by atoms with E-state index >= 15 is 0 Å². The Morgan fingerprint density at radius 1 is 0.429 bits per heavy atom. The van der Waals surface area contributed by atoms with Gasteiger partial charge in [-0.05, 0) is 106 Å². The number of aromatic nitrogens is 2. The molecule has 294 valence electrons. The Kier molecular flexibility index (Phi) is 11.5. The second-order valence-electron chi connectivity index (χ2n) is 18.9. The third-order valence-electron chi connectivity index (χ3n) is 10.3. The molecule has 0 spiro atoms. The van der Waals surface area contributed by atoms with Crippen molar-refractivity contribution >= 4 is 39.9 Å². The number of pyridine rings is 2. The average Bonchev–Trinajstić information content (AvgIpc) is 3.10. The Labute approximate surface area is 338 Å². The molecule has 0 aliphatic carbocycles. The Bertz CT molecular complexity index is 2230. The maximum atomic E-state index is 6.99. The minimum absolute atomic E-state index is 0.144. The lowest BCUT2D eigenvalue weighted by molar-refractivity contribution is 0.484. The quantitative estimate of drug-likeness (QED) is 0.136. The summed E-state index contributed by atoms with van der Waals surface area (Å²) in [7, 11) is -0.589. The van der Waals surface area contributed by atoms with E-state index in [0.29, 0.717) is 0 Å². The van der Waals surface area contributed by atoms with Crippen molar-refractivity contribution < 1.29 is 18.1 Å². The molecule has 0 saturated heterocycles. The van der Waals surface area contributed by atoms with Crippen molar-refractivity contribution in [1.82, 2.24) is 9.97 Å². The molecule has 2 heterocycles. The number of fused-ring (bicyclic) bond motifs is 2. The molecule has 0 amide bonds. The van der Waals surface area contributed by atoms with Crippen LogP contribution in [0.5, 0.6) is 23.0 Å². The van der Waals surface area contributed by atoms with E-state index in [2.05, 4.69) is 119 Å². The van der Waals surface area contributed by atoms with Crippen LogP contribution in [0.15, 0.2) is 85.2 Å². The summed E-state index contributed by atoms with van der Waals surface area (Å²) in [5.41, 5.74) is 10.2. The normalized spacial score (nSPS) is 13.0. The third-order valence-corrected chi connectivity index (χ3v) is 11.5. The molecule has 2 aromatic heterocycles. The van der Waals surface area contributed by atoms with Gasteiger partial charge in [-0.15, -0.1) is 0 Å². The van der Waals surface area contributed by atoms with Gasteiger partial charge in [0.1, 0.15) is 23.0 Å². The van der Waals surface area contributed by atoms with Crippen LogP contribution in [0, 0.1) is 13.8 Å². The van der Waals surface area contributed by atoms with Gasteiger partial charge in [0.2, 0.25) is 0 Å². The zero-order chi connectivity index (χ0) is 40.8. The van der Waals surface area contributed by atoms with Gasteiger partial charge in [0.05, 0.1) is 11.0 Å². The molecular formula is C48H58N2O4P2. The van der Waals surface area contributed by atoms with E-state index < -0.39 is 0 Å². The Morgan fingerprint density at radius 2 is 0.786 bits per heavy atom. The molecule has 0 fully saturated rings. The number of benzene rings is 4. The lowest BCUT2D eigenvalue weighted by atomic mass is 9.72. The van der Waals surface area contributed by atoms with Gasteiger partial charge in [0.25, 0.3) is 18.1 Å². The first kappa shape index (κ1) is 41.4. The molecule has 2 atom stereocenters. The summed E-state index contributed by atoms with van der Waals surface area (Å²) < 4.78 is 26.8. The van der Waals surface area contributed by atoms with E-state index in [-0.39, 0.29) is 39.7 Å². The monoisotopic (exact) mass is 788 g/mol. The molecule has 2 unspecified atom stereocenters. The van der Waals surface area contributed by atoms with Crippen molar-refractivity contribution in [3.63, 3.8) is 0 Å². The van der Waals surface area contributed by atoms with Crippen molar-refractivity contribution in [3.8, 4) is 34.1 Å². The van der Waals surface area contributed by atoms with Gasteiger partial charge < -0.3 is 18.1 Å². The minimum atomic E-state index is -0.294. The van der Waals surface area contributed by atoms with Gasteiger partial charge in [-0.2, -0.15) is 0 Å². The second-order valence-corrected chi connectivity index (χ2v) is 20.0. The van der Waals surface area contributed by atoms with Gasteiger partial charge in [0.15, 0.2) is 0 Å². The largest absolute Gasteiger partial charge is 0.441 e. The van der Waals surface area contributed by atoms with E-state index in [4.69, 9.17) is 18.1 Å². The SMILES string of the molecule is Cc1c(C(C)(C)C)cc(C(C)(C)C)c(OPOc2ccc3ncccc3c2)c1-c1c(C)c(C(C)(C)C)cc(C(C)(C)C)c1OPOc1ccc2ncccc2c1. The molecule has 4 aromatic carbocycles. The number of nitrogens with zero attached hydrogens (tertiary/aromatic N) is 2. The van der Waals surface area contributed by atoms with Crippen molar-refractivity contribution in [2.45, 2.75) is 119 Å². The molecule has 8 heteroatoms. The van der Waals surface area contributed by atoms with Crippen LogP contribution in [0.2, 0.25) is 0 Å². The number of rotatable bonds is 9. The van der Waals surface area contributed by atoms with E-state index in [1.807, 2.05) is 60.7 Å². The summed E-state index contributed by atoms with van der Waals surface area (Å²) in [5.74, 6) is 3.10. The standard InChI is InChI=1S/C48H58N2O4P2/c1-29-35(45(3,4)5)27-37(47(9,10)11)43(53-55-51-33-19-21-39-31(25-33)17-15-23-49-39)41(29)42-30(2)36(46(6,7)8)28-38(48(12,13)14)44(42)54-56-52-34-20-22-40-32(26-34)18-16-24-50-40/h15-28,55-56H,1-14H3.